The van der Waals surface area contributed by atoms with E-state index in [2.05, 4.69) is 4.99 Å². The summed E-state index contributed by atoms with van der Waals surface area (Å²) in [6.45, 7) is -0.00650. The number of urea groups is 1. The van der Waals surface area contributed by atoms with Gasteiger partial charge in [0.1, 0.15) is 0 Å². The fourth-order valence-corrected chi connectivity index (χ4v) is 2.73. The molecule has 26 heavy (non-hydrogen) atoms. The minimum absolute atomic E-state index is 0.00650. The first-order valence-electron chi connectivity index (χ1n) is 7.57. The van der Waals surface area contributed by atoms with Gasteiger partial charge in [0.2, 0.25) is 0 Å². The molecule has 0 atom stereocenters. The number of amides is 2. The molecule has 0 fully saturated rings. The third-order valence-corrected chi connectivity index (χ3v) is 3.92. The maximum Gasteiger partial charge on any atom is 0.418 e. The molecular formula is C17H12F3N3O3. The summed E-state index contributed by atoms with van der Waals surface area (Å²) < 4.78 is 39.5. The number of rotatable bonds is 3. The molecule has 1 heterocycles. The summed E-state index contributed by atoms with van der Waals surface area (Å²) in [5.41, 5.74) is -0.618. The van der Waals surface area contributed by atoms with Crippen LogP contribution in [0.25, 0.3) is 0 Å². The topological polar surface area (TPSA) is 75.8 Å². The highest BCUT2D eigenvalue weighted by molar-refractivity contribution is 6.12. The normalized spacial score (nSPS) is 15.0. The Morgan fingerprint density at radius 1 is 1.12 bits per heavy atom. The van der Waals surface area contributed by atoms with Crippen molar-refractivity contribution >= 4 is 23.1 Å². The van der Waals surface area contributed by atoms with E-state index in [9.17, 15) is 28.1 Å². The number of nitro groups is 1. The Kier molecular flexibility index (Phi) is 4.45. The monoisotopic (exact) mass is 363 g/mol. The van der Waals surface area contributed by atoms with Gasteiger partial charge in [-0.25, -0.2) is 4.79 Å². The molecule has 0 spiro atoms. The number of nitrogens with zero attached hydrogens (tertiary/aromatic N) is 3. The molecule has 134 valence electrons. The molecule has 0 aromatic heterocycles. The first kappa shape index (κ1) is 17.6. The van der Waals surface area contributed by atoms with Gasteiger partial charge in [-0.1, -0.05) is 24.3 Å². The zero-order chi connectivity index (χ0) is 18.9. The average Bonchev–Trinajstić information content (AvgIpc) is 2.61. The molecule has 2 amide bonds. The van der Waals surface area contributed by atoms with Gasteiger partial charge in [-0.15, -0.1) is 0 Å². The Bertz CT molecular complexity index is 909. The van der Waals surface area contributed by atoms with Crippen LogP contribution in [-0.4, -0.2) is 23.2 Å². The smallest absolute Gasteiger partial charge is 0.292 e. The summed E-state index contributed by atoms with van der Waals surface area (Å²) >= 11 is 0. The predicted octanol–water partition coefficient (Wildman–Crippen LogP) is 4.43. The standard InChI is InChI=1S/C17H12F3N3O3/c18-17(19,20)13-6-1-2-7-15(13)22-9-8-14(21-16(22)24)11-4-3-5-12(10-11)23(25)26/h1-7,10H,8-9H2. The molecule has 0 saturated heterocycles. The van der Waals surface area contributed by atoms with E-state index >= 15 is 0 Å². The molecule has 0 bridgehead atoms. The molecule has 1 aliphatic heterocycles. The lowest BCUT2D eigenvalue weighted by Gasteiger charge is -2.27. The number of para-hydroxylation sites is 1. The van der Waals surface area contributed by atoms with Gasteiger partial charge in [0.25, 0.3) is 5.69 Å². The van der Waals surface area contributed by atoms with Crippen molar-refractivity contribution in [1.29, 1.82) is 0 Å². The maximum absolute atomic E-state index is 13.2. The Labute approximate surface area is 145 Å². The highest BCUT2D eigenvalue weighted by atomic mass is 19.4. The maximum atomic E-state index is 13.2. The number of hydrogen-bond donors (Lipinski definition) is 0. The lowest BCUT2D eigenvalue weighted by molar-refractivity contribution is -0.384. The van der Waals surface area contributed by atoms with Crippen molar-refractivity contribution in [2.45, 2.75) is 12.6 Å². The number of nitro benzene ring substituents is 1. The number of anilines is 1. The van der Waals surface area contributed by atoms with Crippen molar-refractivity contribution in [3.63, 3.8) is 0 Å². The molecule has 0 radical (unpaired) electrons. The van der Waals surface area contributed by atoms with E-state index in [1.807, 2.05) is 0 Å². The zero-order valence-electron chi connectivity index (χ0n) is 13.2. The van der Waals surface area contributed by atoms with Gasteiger partial charge >= 0.3 is 12.2 Å². The Morgan fingerprint density at radius 3 is 2.50 bits per heavy atom. The molecule has 2 aromatic carbocycles. The number of hydrogen-bond acceptors (Lipinski definition) is 3. The fourth-order valence-electron chi connectivity index (χ4n) is 2.73. The molecule has 2 aromatic rings. The minimum atomic E-state index is -4.60. The van der Waals surface area contributed by atoms with E-state index in [0.717, 1.165) is 11.0 Å². The van der Waals surface area contributed by atoms with Gasteiger partial charge in [0, 0.05) is 30.7 Å². The predicted molar refractivity (Wildman–Crippen MR) is 88.4 cm³/mol. The van der Waals surface area contributed by atoms with Crippen LogP contribution in [0, 0.1) is 10.1 Å². The second-order valence-corrected chi connectivity index (χ2v) is 5.57. The van der Waals surface area contributed by atoms with Crippen molar-refractivity contribution in [2.24, 2.45) is 4.99 Å². The fraction of sp³-hybridized carbons (Fsp3) is 0.176. The molecule has 9 heteroatoms. The zero-order valence-corrected chi connectivity index (χ0v) is 13.2. The van der Waals surface area contributed by atoms with E-state index in [4.69, 9.17) is 0 Å². The summed E-state index contributed by atoms with van der Waals surface area (Å²) in [5.74, 6) is 0. The van der Waals surface area contributed by atoms with E-state index < -0.39 is 22.7 Å². The number of halogens is 3. The van der Waals surface area contributed by atoms with E-state index in [1.165, 1.54) is 36.4 Å². The van der Waals surface area contributed by atoms with E-state index in [1.54, 1.807) is 6.07 Å². The van der Waals surface area contributed by atoms with Crippen molar-refractivity contribution in [3.05, 3.63) is 69.8 Å². The highest BCUT2D eigenvalue weighted by Crippen LogP contribution is 2.37. The third-order valence-electron chi connectivity index (χ3n) is 3.92. The Hall–Kier alpha value is -3.23. The van der Waals surface area contributed by atoms with Gasteiger partial charge in [-0.3, -0.25) is 15.0 Å². The Balaban J connectivity index is 1.93. The number of aliphatic imine (C=N–C) groups is 1. The third kappa shape index (κ3) is 3.41. The van der Waals surface area contributed by atoms with Gasteiger partial charge in [-0.05, 0) is 12.1 Å². The van der Waals surface area contributed by atoms with Crippen LogP contribution in [-0.2, 0) is 6.18 Å². The van der Waals surface area contributed by atoms with Crippen molar-refractivity contribution in [1.82, 2.24) is 0 Å². The van der Waals surface area contributed by atoms with Gasteiger partial charge in [-0.2, -0.15) is 18.2 Å². The second kappa shape index (κ2) is 6.58. The van der Waals surface area contributed by atoms with Crippen LogP contribution >= 0.6 is 0 Å². The van der Waals surface area contributed by atoms with Crippen LogP contribution in [0.2, 0.25) is 0 Å². The lowest BCUT2D eigenvalue weighted by atomic mass is 10.0. The molecule has 0 N–H and O–H groups in total. The largest absolute Gasteiger partial charge is 0.418 e. The molecule has 0 aliphatic carbocycles. The van der Waals surface area contributed by atoms with Gasteiger partial charge in [0.15, 0.2) is 0 Å². The molecule has 6 nitrogen and oxygen atoms in total. The quantitative estimate of drug-likeness (QED) is 0.598. The van der Waals surface area contributed by atoms with Crippen molar-refractivity contribution in [3.8, 4) is 0 Å². The number of benzene rings is 2. The van der Waals surface area contributed by atoms with Crippen LogP contribution in [0.5, 0.6) is 0 Å². The first-order chi connectivity index (χ1) is 12.3. The van der Waals surface area contributed by atoms with Gasteiger partial charge < -0.3 is 0 Å². The Morgan fingerprint density at radius 2 is 1.85 bits per heavy atom. The number of carbonyl (C=O) groups excluding carboxylic acids is 1. The SMILES string of the molecule is O=C1N=C(c2cccc([N+](=O)[O-])c2)CCN1c1ccccc1C(F)(F)F. The number of carbonyl (C=O) groups is 1. The lowest BCUT2D eigenvalue weighted by Crippen LogP contribution is -2.37. The van der Waals surface area contributed by atoms with Crippen LogP contribution in [0.3, 0.4) is 0 Å². The molecular weight excluding hydrogens is 351 g/mol. The van der Waals surface area contributed by atoms with E-state index in [0.29, 0.717) is 11.3 Å². The summed E-state index contributed by atoms with van der Waals surface area (Å²) in [7, 11) is 0. The van der Waals surface area contributed by atoms with Crippen LogP contribution < -0.4 is 4.90 Å². The summed E-state index contributed by atoms with van der Waals surface area (Å²) in [6, 6.07) is 9.57. The van der Waals surface area contributed by atoms with Crippen LogP contribution in [0.1, 0.15) is 17.5 Å². The van der Waals surface area contributed by atoms with Crippen LogP contribution in [0.15, 0.2) is 53.5 Å². The molecule has 0 saturated carbocycles. The second-order valence-electron chi connectivity index (χ2n) is 5.57. The van der Waals surface area contributed by atoms with Crippen molar-refractivity contribution in [2.75, 3.05) is 11.4 Å². The minimum Gasteiger partial charge on any atom is -0.292 e. The molecule has 1 aliphatic rings. The first-order valence-corrected chi connectivity index (χ1v) is 7.57. The van der Waals surface area contributed by atoms with Crippen molar-refractivity contribution < 1.29 is 22.9 Å². The summed E-state index contributed by atoms with van der Waals surface area (Å²) in [4.78, 5) is 27.4. The van der Waals surface area contributed by atoms with Crippen LogP contribution in [0.4, 0.5) is 29.3 Å². The average molecular weight is 363 g/mol. The summed E-state index contributed by atoms with van der Waals surface area (Å²) in [6.07, 6.45) is -4.42. The molecule has 0 unspecified atom stereocenters. The number of non-ortho nitro benzene ring substituents is 1. The summed E-state index contributed by atoms with van der Waals surface area (Å²) in [5, 5.41) is 10.9. The van der Waals surface area contributed by atoms with Gasteiger partial charge in [0.05, 0.1) is 21.9 Å². The highest BCUT2D eigenvalue weighted by Gasteiger charge is 2.36. The molecule has 3 rings (SSSR count). The number of alkyl halides is 3. The van der Waals surface area contributed by atoms with E-state index in [-0.39, 0.29) is 24.3 Å².